The van der Waals surface area contributed by atoms with Crippen molar-refractivity contribution in [2.75, 3.05) is 26.4 Å². The molecule has 1 fully saturated rings. The van der Waals surface area contributed by atoms with Crippen molar-refractivity contribution in [2.45, 2.75) is 52.0 Å². The third kappa shape index (κ3) is 6.39. The van der Waals surface area contributed by atoms with Crippen LogP contribution in [-0.4, -0.2) is 37.5 Å². The molecule has 1 rings (SSSR count). The van der Waals surface area contributed by atoms with Gasteiger partial charge in [-0.25, -0.2) is 0 Å². The topological polar surface area (TPSA) is 41.5 Å². The lowest BCUT2D eigenvalue weighted by Crippen LogP contribution is -2.35. The van der Waals surface area contributed by atoms with Crippen molar-refractivity contribution in [1.82, 2.24) is 5.32 Å². The Balaban J connectivity index is 1.95. The highest BCUT2D eigenvalue weighted by Crippen LogP contribution is 2.29. The number of aliphatic hydroxyl groups excluding tert-OH is 1. The van der Waals surface area contributed by atoms with Crippen LogP contribution in [0, 0.1) is 11.8 Å². The normalized spacial score (nSPS) is 25.4. The van der Waals surface area contributed by atoms with Gasteiger partial charge < -0.3 is 15.2 Å². The summed E-state index contributed by atoms with van der Waals surface area (Å²) < 4.78 is 5.23. The van der Waals surface area contributed by atoms with Crippen LogP contribution in [-0.2, 0) is 4.74 Å². The number of ether oxygens (including phenoxy) is 1. The van der Waals surface area contributed by atoms with Gasteiger partial charge in [0, 0.05) is 12.6 Å². The van der Waals surface area contributed by atoms with Gasteiger partial charge in [-0.3, -0.25) is 0 Å². The fourth-order valence-electron chi connectivity index (χ4n) is 2.64. The van der Waals surface area contributed by atoms with Gasteiger partial charge in [-0.05, 0) is 50.5 Å². The molecule has 102 valence electrons. The predicted octanol–water partition coefficient (Wildman–Crippen LogP) is 2.19. The van der Waals surface area contributed by atoms with Crippen LogP contribution < -0.4 is 5.32 Å². The van der Waals surface area contributed by atoms with Crippen LogP contribution >= 0.6 is 0 Å². The maximum Gasteiger partial charge on any atom is 0.0697 e. The predicted molar refractivity (Wildman–Crippen MR) is 71.1 cm³/mol. The van der Waals surface area contributed by atoms with Crippen molar-refractivity contribution < 1.29 is 9.84 Å². The van der Waals surface area contributed by atoms with Gasteiger partial charge in [0.2, 0.25) is 0 Å². The lowest BCUT2D eigenvalue weighted by Gasteiger charge is -2.31. The molecule has 0 saturated heterocycles. The van der Waals surface area contributed by atoms with Gasteiger partial charge in [0.05, 0.1) is 13.2 Å². The summed E-state index contributed by atoms with van der Waals surface area (Å²) in [6.45, 7) is 7.09. The van der Waals surface area contributed by atoms with E-state index in [-0.39, 0.29) is 6.61 Å². The summed E-state index contributed by atoms with van der Waals surface area (Å²) >= 11 is 0. The molecule has 3 heteroatoms. The van der Waals surface area contributed by atoms with Crippen LogP contribution in [0.1, 0.15) is 46.0 Å². The van der Waals surface area contributed by atoms with Crippen LogP contribution in [0.15, 0.2) is 0 Å². The number of aliphatic hydroxyl groups is 1. The van der Waals surface area contributed by atoms with Gasteiger partial charge in [0.25, 0.3) is 0 Å². The average molecular weight is 243 g/mol. The number of nitrogens with one attached hydrogen (secondary N) is 1. The first-order valence-electron chi connectivity index (χ1n) is 7.16. The van der Waals surface area contributed by atoms with Gasteiger partial charge in [0.15, 0.2) is 0 Å². The molecule has 0 aliphatic heterocycles. The molecule has 1 aliphatic rings. The Morgan fingerprint density at radius 3 is 2.47 bits per heavy atom. The molecule has 0 aromatic heterocycles. The summed E-state index contributed by atoms with van der Waals surface area (Å²) in [5, 5.41) is 12.2. The highest BCUT2D eigenvalue weighted by Gasteiger charge is 2.22. The zero-order valence-corrected chi connectivity index (χ0v) is 11.5. The van der Waals surface area contributed by atoms with E-state index in [1.807, 2.05) is 0 Å². The van der Waals surface area contributed by atoms with Crippen LogP contribution in [0.3, 0.4) is 0 Å². The summed E-state index contributed by atoms with van der Waals surface area (Å²) in [5.41, 5.74) is 0. The molecule has 0 aromatic carbocycles. The molecule has 0 aromatic rings. The van der Waals surface area contributed by atoms with Crippen LogP contribution in [0.25, 0.3) is 0 Å². The van der Waals surface area contributed by atoms with E-state index < -0.39 is 0 Å². The summed E-state index contributed by atoms with van der Waals surface area (Å²) in [5.74, 6) is 1.80. The largest absolute Gasteiger partial charge is 0.394 e. The van der Waals surface area contributed by atoms with Gasteiger partial charge in [-0.2, -0.15) is 0 Å². The molecule has 0 spiro atoms. The van der Waals surface area contributed by atoms with Crippen molar-refractivity contribution in [3.63, 3.8) is 0 Å². The van der Waals surface area contributed by atoms with Crippen LogP contribution in [0.2, 0.25) is 0 Å². The SMILES string of the molecule is CC(C)C1CCC(NCCCOCCO)CC1. The fourth-order valence-corrected chi connectivity index (χ4v) is 2.64. The van der Waals surface area contributed by atoms with Crippen LogP contribution in [0.4, 0.5) is 0 Å². The Morgan fingerprint density at radius 2 is 1.88 bits per heavy atom. The zero-order chi connectivity index (χ0) is 12.5. The minimum Gasteiger partial charge on any atom is -0.394 e. The van der Waals surface area contributed by atoms with Gasteiger partial charge in [-0.1, -0.05) is 13.8 Å². The highest BCUT2D eigenvalue weighted by molar-refractivity contribution is 4.78. The van der Waals surface area contributed by atoms with E-state index in [4.69, 9.17) is 9.84 Å². The maximum atomic E-state index is 8.56. The van der Waals surface area contributed by atoms with Crippen LogP contribution in [0.5, 0.6) is 0 Å². The van der Waals surface area contributed by atoms with E-state index in [1.165, 1.54) is 25.7 Å². The number of hydrogen-bond acceptors (Lipinski definition) is 3. The fraction of sp³-hybridized carbons (Fsp3) is 1.00. The highest BCUT2D eigenvalue weighted by atomic mass is 16.5. The Morgan fingerprint density at radius 1 is 1.18 bits per heavy atom. The maximum absolute atomic E-state index is 8.56. The van der Waals surface area contributed by atoms with Gasteiger partial charge >= 0.3 is 0 Å². The second-order valence-electron chi connectivity index (χ2n) is 5.50. The van der Waals surface area contributed by atoms with E-state index in [9.17, 15) is 0 Å². The molecule has 0 radical (unpaired) electrons. The summed E-state index contributed by atoms with van der Waals surface area (Å²) in [6.07, 6.45) is 6.48. The molecule has 1 saturated carbocycles. The Hall–Kier alpha value is -0.120. The summed E-state index contributed by atoms with van der Waals surface area (Å²) in [6, 6.07) is 0.725. The zero-order valence-electron chi connectivity index (χ0n) is 11.5. The van der Waals surface area contributed by atoms with E-state index >= 15 is 0 Å². The second-order valence-corrected chi connectivity index (χ2v) is 5.50. The summed E-state index contributed by atoms with van der Waals surface area (Å²) in [4.78, 5) is 0. The quantitative estimate of drug-likeness (QED) is 0.642. The molecule has 2 N–H and O–H groups in total. The molecule has 3 nitrogen and oxygen atoms in total. The first kappa shape index (κ1) is 14.9. The molecule has 0 heterocycles. The number of rotatable bonds is 8. The van der Waals surface area contributed by atoms with E-state index in [1.54, 1.807) is 0 Å². The number of hydrogen-bond donors (Lipinski definition) is 2. The Bertz CT molecular complexity index is 177. The van der Waals surface area contributed by atoms with Gasteiger partial charge in [0.1, 0.15) is 0 Å². The lowest BCUT2D eigenvalue weighted by atomic mass is 9.80. The standard InChI is InChI=1S/C14H29NO2/c1-12(2)13-4-6-14(7-5-13)15-8-3-10-17-11-9-16/h12-16H,3-11H2,1-2H3. The molecule has 17 heavy (non-hydrogen) atoms. The third-order valence-corrected chi connectivity index (χ3v) is 3.85. The van der Waals surface area contributed by atoms with E-state index in [2.05, 4.69) is 19.2 Å². The first-order chi connectivity index (χ1) is 8.24. The Labute approximate surface area is 106 Å². The average Bonchev–Trinajstić information content (AvgIpc) is 2.34. The van der Waals surface area contributed by atoms with Crippen molar-refractivity contribution >= 4 is 0 Å². The molecule has 0 bridgehead atoms. The van der Waals surface area contributed by atoms with Crippen molar-refractivity contribution in [3.05, 3.63) is 0 Å². The molecule has 0 atom stereocenters. The van der Waals surface area contributed by atoms with Crippen molar-refractivity contribution in [2.24, 2.45) is 11.8 Å². The first-order valence-corrected chi connectivity index (χ1v) is 7.16. The summed E-state index contributed by atoms with van der Waals surface area (Å²) in [7, 11) is 0. The van der Waals surface area contributed by atoms with Crippen molar-refractivity contribution in [3.8, 4) is 0 Å². The Kier molecular flexibility index (Phi) is 7.82. The molecule has 0 amide bonds. The van der Waals surface area contributed by atoms with Gasteiger partial charge in [-0.15, -0.1) is 0 Å². The van der Waals surface area contributed by atoms with E-state index in [0.717, 1.165) is 37.5 Å². The third-order valence-electron chi connectivity index (χ3n) is 3.85. The molecule has 1 aliphatic carbocycles. The molecular formula is C14H29NO2. The minimum absolute atomic E-state index is 0.132. The monoisotopic (exact) mass is 243 g/mol. The second kappa shape index (κ2) is 8.90. The van der Waals surface area contributed by atoms with E-state index in [0.29, 0.717) is 6.61 Å². The lowest BCUT2D eigenvalue weighted by molar-refractivity contribution is 0.0899. The minimum atomic E-state index is 0.132. The van der Waals surface area contributed by atoms with Crippen molar-refractivity contribution in [1.29, 1.82) is 0 Å². The smallest absolute Gasteiger partial charge is 0.0697 e. The molecular weight excluding hydrogens is 214 g/mol. The molecule has 0 unspecified atom stereocenters.